The van der Waals surface area contributed by atoms with E-state index in [9.17, 15) is 9.90 Å². The molecule has 25 heavy (non-hydrogen) atoms. The van der Waals surface area contributed by atoms with Crippen molar-refractivity contribution < 1.29 is 14.4 Å². The predicted molar refractivity (Wildman–Crippen MR) is 106 cm³/mol. The van der Waals surface area contributed by atoms with E-state index < -0.39 is 5.97 Å². The van der Waals surface area contributed by atoms with Crippen LogP contribution in [0, 0.1) is 0 Å². The number of nitrogens with zero attached hydrogens (tertiary/aromatic N) is 1. The van der Waals surface area contributed by atoms with Crippen LogP contribution in [0.5, 0.6) is 0 Å². The summed E-state index contributed by atoms with van der Waals surface area (Å²) >= 11 is 0. The highest BCUT2D eigenvalue weighted by Crippen LogP contribution is 2.14. The summed E-state index contributed by atoms with van der Waals surface area (Å²) in [6.45, 7) is 9.40. The fraction of sp³-hybridized carbons (Fsp3) is 0.955. The van der Waals surface area contributed by atoms with Gasteiger partial charge in [-0.25, -0.2) is 0 Å². The van der Waals surface area contributed by atoms with Gasteiger partial charge in [-0.2, -0.15) is 0 Å². The van der Waals surface area contributed by atoms with Gasteiger partial charge >= 0.3 is 0 Å². The molecule has 0 rings (SSSR count). The largest absolute Gasteiger partial charge is 0.544 e. The molecule has 0 aliphatic rings. The van der Waals surface area contributed by atoms with Crippen molar-refractivity contribution in [2.24, 2.45) is 0 Å². The van der Waals surface area contributed by atoms with Crippen molar-refractivity contribution in [1.29, 1.82) is 0 Å². The molecule has 0 N–H and O–H groups in total. The Morgan fingerprint density at radius 2 is 1.00 bits per heavy atom. The maximum Gasteiger partial charge on any atom is 0.119 e. The second-order valence-corrected chi connectivity index (χ2v) is 7.82. The highest BCUT2D eigenvalue weighted by Gasteiger charge is 2.22. The van der Waals surface area contributed by atoms with Crippen LogP contribution in [0.3, 0.4) is 0 Å². The lowest BCUT2D eigenvalue weighted by Crippen LogP contribution is -2.54. The molecular formula is C22H45NO2. The number of carbonyl (C=O) groups is 1. The fourth-order valence-corrected chi connectivity index (χ4v) is 3.76. The topological polar surface area (TPSA) is 40.1 Å². The Bertz CT molecular complexity index is 300. The van der Waals surface area contributed by atoms with Crippen LogP contribution in [0.4, 0.5) is 0 Å². The number of carboxylic acid groups (broad SMARTS) is 1. The van der Waals surface area contributed by atoms with Crippen molar-refractivity contribution >= 4 is 5.97 Å². The molecule has 0 atom stereocenters. The molecule has 0 aromatic heterocycles. The normalized spacial score (nSPS) is 11.8. The maximum atomic E-state index is 11.0. The summed E-state index contributed by atoms with van der Waals surface area (Å²) in [5.74, 6) is -0.908. The minimum atomic E-state index is -0.908. The number of unbranched alkanes of at least 4 members (excludes halogenated alkanes) is 13. The number of likely N-dealkylation sites (N-methyl/N-ethyl adjacent to an activating group) is 1. The smallest absolute Gasteiger partial charge is 0.119 e. The van der Waals surface area contributed by atoms with Gasteiger partial charge in [0.05, 0.1) is 25.6 Å². The summed E-state index contributed by atoms with van der Waals surface area (Å²) < 4.78 is 0.681. The Morgan fingerprint density at radius 3 is 1.32 bits per heavy atom. The highest BCUT2D eigenvalue weighted by atomic mass is 16.4. The summed E-state index contributed by atoms with van der Waals surface area (Å²) in [7, 11) is 0. The summed E-state index contributed by atoms with van der Waals surface area (Å²) in [6.07, 6.45) is 19.1. The minimum Gasteiger partial charge on any atom is -0.544 e. The van der Waals surface area contributed by atoms with Gasteiger partial charge in [0.1, 0.15) is 6.54 Å². The van der Waals surface area contributed by atoms with E-state index in [0.29, 0.717) is 4.48 Å². The number of hydrogen-bond acceptors (Lipinski definition) is 2. The van der Waals surface area contributed by atoms with Crippen molar-refractivity contribution in [2.45, 2.75) is 111 Å². The molecule has 0 aliphatic heterocycles. The molecule has 0 aromatic carbocycles. The summed E-state index contributed by atoms with van der Waals surface area (Å²) in [5, 5.41) is 11.0. The standard InChI is InChI=1S/C22H45NO2/c1-4-7-8-9-10-11-12-13-14-15-16-17-18-19-20-23(5-2,6-3)21-22(24)25/h4-21H2,1-3H3. The molecule has 0 saturated carbocycles. The number of quaternary nitrogens is 1. The molecule has 0 spiro atoms. The zero-order valence-electron chi connectivity index (χ0n) is 17.5. The first-order valence-corrected chi connectivity index (χ1v) is 11.1. The molecule has 0 saturated heterocycles. The molecular weight excluding hydrogens is 310 g/mol. The van der Waals surface area contributed by atoms with Crippen molar-refractivity contribution in [3.05, 3.63) is 0 Å². The summed E-state index contributed by atoms with van der Waals surface area (Å²) in [5.41, 5.74) is 0. The van der Waals surface area contributed by atoms with E-state index in [1.165, 1.54) is 83.5 Å². The minimum absolute atomic E-state index is 0.172. The van der Waals surface area contributed by atoms with Gasteiger partial charge in [0.15, 0.2) is 0 Å². The average molecular weight is 356 g/mol. The van der Waals surface area contributed by atoms with E-state index in [1.807, 2.05) is 0 Å². The number of rotatable bonds is 19. The van der Waals surface area contributed by atoms with Gasteiger partial charge in [0, 0.05) is 0 Å². The van der Waals surface area contributed by atoms with Crippen LogP contribution in [-0.4, -0.2) is 36.6 Å². The molecule has 0 fully saturated rings. The van der Waals surface area contributed by atoms with Crippen LogP contribution in [0.1, 0.15) is 111 Å². The van der Waals surface area contributed by atoms with Crippen molar-refractivity contribution in [1.82, 2.24) is 0 Å². The van der Waals surface area contributed by atoms with Crippen LogP contribution in [0.15, 0.2) is 0 Å². The Balaban J connectivity index is 3.44. The number of aliphatic carboxylic acids is 1. The van der Waals surface area contributed by atoms with E-state index in [0.717, 1.165) is 26.1 Å². The molecule has 150 valence electrons. The Morgan fingerprint density at radius 1 is 0.640 bits per heavy atom. The number of carboxylic acids is 1. The average Bonchev–Trinajstić information content (AvgIpc) is 2.60. The van der Waals surface area contributed by atoms with Crippen LogP contribution in [-0.2, 0) is 4.79 Å². The first-order valence-electron chi connectivity index (χ1n) is 11.1. The Hall–Kier alpha value is -0.570. The van der Waals surface area contributed by atoms with Gasteiger partial charge in [0.25, 0.3) is 0 Å². The molecule has 0 aliphatic carbocycles. The second kappa shape index (κ2) is 16.9. The van der Waals surface area contributed by atoms with Crippen LogP contribution in [0.2, 0.25) is 0 Å². The van der Waals surface area contributed by atoms with Gasteiger partial charge < -0.3 is 14.4 Å². The lowest BCUT2D eigenvalue weighted by atomic mass is 10.0. The van der Waals surface area contributed by atoms with E-state index in [4.69, 9.17) is 0 Å². The fourth-order valence-electron chi connectivity index (χ4n) is 3.76. The van der Waals surface area contributed by atoms with Crippen molar-refractivity contribution in [2.75, 3.05) is 26.2 Å². The lowest BCUT2D eigenvalue weighted by molar-refractivity contribution is -0.919. The molecule has 0 amide bonds. The van der Waals surface area contributed by atoms with Crippen LogP contribution >= 0.6 is 0 Å². The van der Waals surface area contributed by atoms with Gasteiger partial charge in [-0.1, -0.05) is 84.0 Å². The number of hydrogen-bond donors (Lipinski definition) is 0. The zero-order chi connectivity index (χ0) is 18.8. The Kier molecular flexibility index (Phi) is 16.5. The molecule has 3 heteroatoms. The monoisotopic (exact) mass is 355 g/mol. The second-order valence-electron chi connectivity index (χ2n) is 7.82. The third-order valence-electron chi connectivity index (χ3n) is 5.79. The van der Waals surface area contributed by atoms with Crippen LogP contribution in [0.25, 0.3) is 0 Å². The highest BCUT2D eigenvalue weighted by molar-refractivity contribution is 5.65. The van der Waals surface area contributed by atoms with Gasteiger partial charge in [0.2, 0.25) is 0 Å². The van der Waals surface area contributed by atoms with Gasteiger partial charge in [-0.05, 0) is 26.7 Å². The van der Waals surface area contributed by atoms with E-state index >= 15 is 0 Å². The summed E-state index contributed by atoms with van der Waals surface area (Å²) in [4.78, 5) is 11.0. The van der Waals surface area contributed by atoms with E-state index in [1.54, 1.807) is 0 Å². The molecule has 0 radical (unpaired) electrons. The van der Waals surface area contributed by atoms with Gasteiger partial charge in [-0.15, -0.1) is 0 Å². The third kappa shape index (κ3) is 14.3. The van der Waals surface area contributed by atoms with Crippen molar-refractivity contribution in [3.63, 3.8) is 0 Å². The molecule has 0 bridgehead atoms. The SMILES string of the molecule is CCCCCCCCCCCCCCCC[N+](CC)(CC)CC(=O)[O-]. The zero-order valence-corrected chi connectivity index (χ0v) is 17.5. The maximum absolute atomic E-state index is 11.0. The first kappa shape index (κ1) is 24.4. The molecule has 0 aromatic rings. The van der Waals surface area contributed by atoms with Crippen molar-refractivity contribution in [3.8, 4) is 0 Å². The molecule has 0 heterocycles. The van der Waals surface area contributed by atoms with E-state index in [2.05, 4.69) is 20.8 Å². The third-order valence-corrected chi connectivity index (χ3v) is 5.79. The predicted octanol–water partition coefficient (Wildman–Crippen LogP) is 5.07. The first-order chi connectivity index (χ1) is 12.1. The Labute approximate surface area is 157 Å². The molecule has 3 nitrogen and oxygen atoms in total. The quantitative estimate of drug-likeness (QED) is 0.240. The summed E-state index contributed by atoms with van der Waals surface area (Å²) in [6, 6.07) is 0. The van der Waals surface area contributed by atoms with Gasteiger partial charge in [-0.3, -0.25) is 0 Å². The van der Waals surface area contributed by atoms with Crippen LogP contribution < -0.4 is 5.11 Å². The lowest BCUT2D eigenvalue weighted by Gasteiger charge is -2.37. The number of carbonyl (C=O) groups excluding carboxylic acids is 1. The molecule has 0 unspecified atom stereocenters. The van der Waals surface area contributed by atoms with E-state index in [-0.39, 0.29) is 6.54 Å².